The fourth-order valence-corrected chi connectivity index (χ4v) is 2.11. The number of amides is 1. The van der Waals surface area contributed by atoms with Crippen LogP contribution in [0.1, 0.15) is 54.7 Å². The first-order valence-electron chi connectivity index (χ1n) is 6.98. The summed E-state index contributed by atoms with van der Waals surface area (Å²) in [5, 5.41) is 10.6. The lowest BCUT2D eigenvalue weighted by Crippen LogP contribution is -2.18. The number of hydrogen-bond acceptors (Lipinski definition) is 5. The first kappa shape index (κ1) is 14.5. The Bertz CT molecular complexity index is 494. The molecule has 0 spiro atoms. The predicted octanol–water partition coefficient (Wildman–Crippen LogP) is 0.858. The molecule has 110 valence electrons. The summed E-state index contributed by atoms with van der Waals surface area (Å²) in [4.78, 5) is 23.0. The highest BCUT2D eigenvalue weighted by atomic mass is 16.5. The molecule has 0 bridgehead atoms. The Morgan fingerprint density at radius 3 is 2.80 bits per heavy atom. The van der Waals surface area contributed by atoms with Crippen molar-refractivity contribution in [2.75, 3.05) is 13.7 Å². The standard InChI is InChI=1S/C13H20N4O3/c1-3-20-13(19)11-12(9-6-7-9)17(16-15-11)8-4-5-10(18)14-2/h9H,3-8H2,1-2H3,(H,14,18). The van der Waals surface area contributed by atoms with Crippen LogP contribution >= 0.6 is 0 Å². The zero-order valence-corrected chi connectivity index (χ0v) is 11.9. The molecule has 1 heterocycles. The number of aryl methyl sites for hydroxylation is 1. The van der Waals surface area contributed by atoms with E-state index in [9.17, 15) is 9.59 Å². The van der Waals surface area contributed by atoms with E-state index in [0.717, 1.165) is 18.5 Å². The fraction of sp³-hybridized carbons (Fsp3) is 0.692. The molecule has 2 rings (SSSR count). The van der Waals surface area contributed by atoms with Gasteiger partial charge < -0.3 is 10.1 Å². The maximum Gasteiger partial charge on any atom is 0.360 e. The van der Waals surface area contributed by atoms with Gasteiger partial charge in [0.25, 0.3) is 0 Å². The normalized spacial score (nSPS) is 14.1. The average molecular weight is 280 g/mol. The minimum absolute atomic E-state index is 0.00343. The number of nitrogens with zero attached hydrogens (tertiary/aromatic N) is 3. The molecule has 1 N–H and O–H groups in total. The van der Waals surface area contributed by atoms with Crippen LogP contribution in [0.4, 0.5) is 0 Å². The molecule has 1 saturated carbocycles. The summed E-state index contributed by atoms with van der Waals surface area (Å²) in [5.41, 5.74) is 1.19. The highest BCUT2D eigenvalue weighted by Gasteiger charge is 2.34. The summed E-state index contributed by atoms with van der Waals surface area (Å²) >= 11 is 0. The summed E-state index contributed by atoms with van der Waals surface area (Å²) in [6.45, 7) is 2.68. The number of rotatable bonds is 7. The molecule has 0 aliphatic heterocycles. The maximum atomic E-state index is 11.8. The van der Waals surface area contributed by atoms with E-state index in [0.29, 0.717) is 37.6 Å². The number of nitrogens with one attached hydrogen (secondary N) is 1. The second-order valence-corrected chi connectivity index (χ2v) is 4.82. The third kappa shape index (κ3) is 3.34. The molecular formula is C13H20N4O3. The molecule has 1 amide bonds. The second-order valence-electron chi connectivity index (χ2n) is 4.82. The molecule has 20 heavy (non-hydrogen) atoms. The van der Waals surface area contributed by atoms with Crippen molar-refractivity contribution in [1.82, 2.24) is 20.3 Å². The molecule has 0 saturated heterocycles. The number of aromatic nitrogens is 3. The number of hydrogen-bond donors (Lipinski definition) is 1. The molecule has 1 aromatic rings. The van der Waals surface area contributed by atoms with E-state index in [1.807, 2.05) is 0 Å². The summed E-state index contributed by atoms with van der Waals surface area (Å²) in [6, 6.07) is 0. The van der Waals surface area contributed by atoms with Crippen molar-refractivity contribution in [3.63, 3.8) is 0 Å². The van der Waals surface area contributed by atoms with E-state index in [1.165, 1.54) is 0 Å². The van der Waals surface area contributed by atoms with Crippen LogP contribution in [0.5, 0.6) is 0 Å². The Labute approximate surface area is 117 Å². The van der Waals surface area contributed by atoms with Gasteiger partial charge in [-0.1, -0.05) is 5.21 Å². The molecule has 7 heteroatoms. The van der Waals surface area contributed by atoms with Crippen molar-refractivity contribution in [2.45, 2.75) is 45.1 Å². The molecule has 0 atom stereocenters. The van der Waals surface area contributed by atoms with E-state index < -0.39 is 5.97 Å². The molecule has 1 aliphatic rings. The van der Waals surface area contributed by atoms with E-state index in [1.54, 1.807) is 18.7 Å². The smallest absolute Gasteiger partial charge is 0.360 e. The van der Waals surface area contributed by atoms with Crippen molar-refractivity contribution in [2.24, 2.45) is 0 Å². The van der Waals surface area contributed by atoms with Gasteiger partial charge in [0.1, 0.15) is 0 Å². The fourth-order valence-electron chi connectivity index (χ4n) is 2.11. The molecular weight excluding hydrogens is 260 g/mol. The highest BCUT2D eigenvalue weighted by Crippen LogP contribution is 2.41. The Kier molecular flexibility index (Phi) is 4.70. The van der Waals surface area contributed by atoms with Crippen molar-refractivity contribution in [1.29, 1.82) is 0 Å². The van der Waals surface area contributed by atoms with Crippen LogP contribution in [0.2, 0.25) is 0 Å². The lowest BCUT2D eigenvalue weighted by Gasteiger charge is -2.06. The average Bonchev–Trinajstić information content (AvgIpc) is 3.19. The van der Waals surface area contributed by atoms with Crippen LogP contribution in [0, 0.1) is 0 Å². The van der Waals surface area contributed by atoms with Crippen LogP contribution in [-0.2, 0) is 16.1 Å². The van der Waals surface area contributed by atoms with Crippen LogP contribution in [0.15, 0.2) is 0 Å². The van der Waals surface area contributed by atoms with Gasteiger partial charge in [0, 0.05) is 25.9 Å². The first-order chi connectivity index (χ1) is 9.67. The van der Waals surface area contributed by atoms with E-state index in [2.05, 4.69) is 15.6 Å². The Morgan fingerprint density at radius 2 is 2.20 bits per heavy atom. The largest absolute Gasteiger partial charge is 0.461 e. The van der Waals surface area contributed by atoms with Gasteiger partial charge >= 0.3 is 5.97 Å². The SMILES string of the molecule is CCOC(=O)c1nnn(CCCC(=O)NC)c1C1CC1. The lowest BCUT2D eigenvalue weighted by molar-refractivity contribution is -0.120. The summed E-state index contributed by atoms with van der Waals surface area (Å²) < 4.78 is 6.74. The topological polar surface area (TPSA) is 86.1 Å². The highest BCUT2D eigenvalue weighted by molar-refractivity contribution is 5.88. The molecule has 7 nitrogen and oxygen atoms in total. The number of esters is 1. The maximum absolute atomic E-state index is 11.8. The monoisotopic (exact) mass is 280 g/mol. The van der Waals surface area contributed by atoms with Crippen LogP contribution in [0.25, 0.3) is 0 Å². The summed E-state index contributed by atoms with van der Waals surface area (Å²) in [6.07, 6.45) is 3.21. The van der Waals surface area contributed by atoms with Gasteiger partial charge in [0.15, 0.2) is 5.69 Å². The van der Waals surface area contributed by atoms with Gasteiger partial charge in [0.05, 0.1) is 12.3 Å². The number of carbonyl (C=O) groups excluding carboxylic acids is 2. The zero-order chi connectivity index (χ0) is 14.5. The van der Waals surface area contributed by atoms with Crippen molar-refractivity contribution >= 4 is 11.9 Å². The minimum Gasteiger partial charge on any atom is -0.461 e. The molecule has 1 fully saturated rings. The minimum atomic E-state index is -0.410. The summed E-state index contributed by atoms with van der Waals surface area (Å²) in [7, 11) is 1.62. The molecule has 0 unspecified atom stereocenters. The molecule has 0 aromatic carbocycles. The van der Waals surface area contributed by atoms with Gasteiger partial charge in [0.2, 0.25) is 5.91 Å². The van der Waals surface area contributed by atoms with Gasteiger partial charge in [-0.05, 0) is 26.2 Å². The van der Waals surface area contributed by atoms with Crippen LogP contribution in [0.3, 0.4) is 0 Å². The summed E-state index contributed by atoms with van der Waals surface area (Å²) in [5.74, 6) is -0.0555. The predicted molar refractivity (Wildman–Crippen MR) is 71.3 cm³/mol. The Balaban J connectivity index is 2.05. The van der Waals surface area contributed by atoms with E-state index in [-0.39, 0.29) is 5.91 Å². The van der Waals surface area contributed by atoms with Crippen molar-refractivity contribution < 1.29 is 14.3 Å². The third-order valence-electron chi connectivity index (χ3n) is 3.26. The Hall–Kier alpha value is -1.92. The van der Waals surface area contributed by atoms with Gasteiger partial charge in [-0.25, -0.2) is 9.48 Å². The number of carbonyl (C=O) groups is 2. The van der Waals surface area contributed by atoms with Gasteiger partial charge in [-0.15, -0.1) is 5.10 Å². The van der Waals surface area contributed by atoms with E-state index in [4.69, 9.17) is 4.74 Å². The molecule has 1 aliphatic carbocycles. The second kappa shape index (κ2) is 6.49. The van der Waals surface area contributed by atoms with E-state index >= 15 is 0 Å². The van der Waals surface area contributed by atoms with Gasteiger partial charge in [-0.2, -0.15) is 0 Å². The third-order valence-corrected chi connectivity index (χ3v) is 3.26. The van der Waals surface area contributed by atoms with Crippen molar-refractivity contribution in [3.8, 4) is 0 Å². The molecule has 1 aromatic heterocycles. The van der Waals surface area contributed by atoms with Crippen LogP contribution < -0.4 is 5.32 Å². The lowest BCUT2D eigenvalue weighted by atomic mass is 10.2. The van der Waals surface area contributed by atoms with Crippen molar-refractivity contribution in [3.05, 3.63) is 11.4 Å². The number of ether oxygens (including phenoxy) is 1. The quantitative estimate of drug-likeness (QED) is 0.749. The zero-order valence-electron chi connectivity index (χ0n) is 11.9. The molecule has 0 radical (unpaired) electrons. The first-order valence-corrected chi connectivity index (χ1v) is 6.98. The Morgan fingerprint density at radius 1 is 1.45 bits per heavy atom. The van der Waals surface area contributed by atoms with Crippen LogP contribution in [-0.4, -0.2) is 40.5 Å². The van der Waals surface area contributed by atoms with Gasteiger partial charge in [-0.3, -0.25) is 4.79 Å².